The molecule has 0 atom stereocenters. The van der Waals surface area contributed by atoms with Crippen LogP contribution in [0.25, 0.3) is 0 Å². The summed E-state index contributed by atoms with van der Waals surface area (Å²) in [5.41, 5.74) is 0. The Morgan fingerprint density at radius 3 is 2.00 bits per heavy atom. The first-order valence-corrected chi connectivity index (χ1v) is 7.58. The number of rotatable bonds is 3. The van der Waals surface area contributed by atoms with Gasteiger partial charge in [0, 0.05) is 7.11 Å². The van der Waals surface area contributed by atoms with Crippen LogP contribution < -0.4 is 4.65 Å². The molecule has 1 N–H and O–H groups in total. The van der Waals surface area contributed by atoms with E-state index in [9.17, 15) is 0 Å². The minimum atomic E-state index is -0.991. The average molecular weight is 149 g/mol. The summed E-state index contributed by atoms with van der Waals surface area (Å²) in [5, 5.41) is 0. The lowest BCUT2D eigenvalue weighted by atomic mass is 11.8. The van der Waals surface area contributed by atoms with Crippen LogP contribution in [0.2, 0.25) is 19.6 Å². The van der Waals surface area contributed by atoms with Gasteiger partial charge in [0.2, 0.25) is 9.92 Å². The highest BCUT2D eigenvalue weighted by Crippen LogP contribution is 1.90. The molecule has 0 fully saturated rings. The summed E-state index contributed by atoms with van der Waals surface area (Å²) in [6, 6.07) is 0. The highest BCUT2D eigenvalue weighted by atomic mass is 28.4. The van der Waals surface area contributed by atoms with Crippen LogP contribution in [-0.4, -0.2) is 25.3 Å². The Morgan fingerprint density at radius 2 is 1.88 bits per heavy atom. The predicted octanol–water partition coefficient (Wildman–Crippen LogP) is 0.0561. The molecule has 0 aromatic carbocycles. The second-order valence-corrected chi connectivity index (χ2v) is 9.64. The summed E-state index contributed by atoms with van der Waals surface area (Å²) in [4.78, 5) is 0. The van der Waals surface area contributed by atoms with Crippen LogP contribution in [0, 0.1) is 0 Å². The maximum atomic E-state index is 4.98. The number of nitrogens with one attached hydrogen (secondary N) is 1. The van der Waals surface area contributed by atoms with Gasteiger partial charge in [-0.2, -0.15) is 0 Å². The molecule has 0 aromatic heterocycles. The Bertz CT molecular complexity index is 61.5. The molecule has 2 nitrogen and oxygen atoms in total. The third-order valence-electron chi connectivity index (χ3n) is 0.747. The van der Waals surface area contributed by atoms with Gasteiger partial charge in [-0.3, -0.25) is 0 Å². The average Bonchev–Trinajstić information content (AvgIpc) is 1.59. The van der Waals surface area contributed by atoms with E-state index < -0.39 is 8.24 Å². The van der Waals surface area contributed by atoms with Crippen LogP contribution in [-0.2, 0) is 4.43 Å². The van der Waals surface area contributed by atoms with Crippen molar-refractivity contribution >= 4 is 18.2 Å². The van der Waals surface area contributed by atoms with Crippen LogP contribution >= 0.6 is 0 Å². The maximum Gasteiger partial charge on any atom is 0.228 e. The molecule has 50 valence electrons. The molecule has 0 rings (SSSR count). The summed E-state index contributed by atoms with van der Waals surface area (Å²) in [6.07, 6.45) is 0. The zero-order chi connectivity index (χ0) is 6.62. The fraction of sp³-hybridized carbons (Fsp3) is 1.00. The molecule has 8 heavy (non-hydrogen) atoms. The number of hydrogen-bond donors (Lipinski definition) is 1. The lowest BCUT2D eigenvalue weighted by Crippen LogP contribution is -2.44. The summed E-state index contributed by atoms with van der Waals surface area (Å²) in [7, 11) is 0.401. The van der Waals surface area contributed by atoms with E-state index in [1.807, 2.05) is 0 Å². The fourth-order valence-electron chi connectivity index (χ4n) is 0.289. The van der Waals surface area contributed by atoms with Crippen molar-refractivity contribution in [1.29, 1.82) is 0 Å². The monoisotopic (exact) mass is 149 g/mol. The van der Waals surface area contributed by atoms with E-state index in [0.29, 0.717) is 0 Å². The topological polar surface area (TPSA) is 21.3 Å². The first kappa shape index (κ1) is 8.35. The van der Waals surface area contributed by atoms with E-state index in [0.717, 1.165) is 0 Å². The highest BCUT2D eigenvalue weighted by molar-refractivity contribution is 6.78. The molecule has 0 saturated carbocycles. The second-order valence-electron chi connectivity index (χ2n) is 2.86. The van der Waals surface area contributed by atoms with Gasteiger partial charge in [-0.25, -0.2) is 0 Å². The van der Waals surface area contributed by atoms with E-state index in [1.54, 1.807) is 7.11 Å². The van der Waals surface area contributed by atoms with Gasteiger partial charge in [-0.15, -0.1) is 0 Å². The van der Waals surface area contributed by atoms with E-state index in [4.69, 9.17) is 4.43 Å². The van der Waals surface area contributed by atoms with Gasteiger partial charge >= 0.3 is 0 Å². The molecule has 0 bridgehead atoms. The Labute approximate surface area is 54.7 Å². The first-order chi connectivity index (χ1) is 3.56. The van der Waals surface area contributed by atoms with Crippen LogP contribution in [0.1, 0.15) is 0 Å². The third-order valence-corrected chi connectivity index (χ3v) is 5.86. The first-order valence-electron chi connectivity index (χ1n) is 2.80. The van der Waals surface area contributed by atoms with Crippen LogP contribution in [0.4, 0.5) is 0 Å². The third kappa shape index (κ3) is 6.35. The van der Waals surface area contributed by atoms with Crippen LogP contribution in [0.3, 0.4) is 0 Å². The molecule has 4 heteroatoms. The molecule has 0 saturated heterocycles. The van der Waals surface area contributed by atoms with Gasteiger partial charge in [0.1, 0.15) is 8.24 Å². The van der Waals surface area contributed by atoms with Crippen molar-refractivity contribution in [3.05, 3.63) is 0 Å². The zero-order valence-electron chi connectivity index (χ0n) is 6.12. The van der Waals surface area contributed by atoms with Crippen molar-refractivity contribution in [3.8, 4) is 0 Å². The van der Waals surface area contributed by atoms with Gasteiger partial charge in [0.15, 0.2) is 0 Å². The summed E-state index contributed by atoms with van der Waals surface area (Å²) >= 11 is 0. The van der Waals surface area contributed by atoms with Gasteiger partial charge < -0.3 is 9.07 Å². The van der Waals surface area contributed by atoms with Crippen molar-refractivity contribution < 1.29 is 4.43 Å². The normalized spacial score (nSPS) is 13.5. The van der Waals surface area contributed by atoms with Crippen molar-refractivity contribution in [1.82, 2.24) is 4.65 Å². The Morgan fingerprint density at radius 1 is 1.38 bits per heavy atom. The molecule has 0 aliphatic rings. The van der Waals surface area contributed by atoms with Crippen molar-refractivity contribution in [3.63, 3.8) is 0 Å². The molecule has 0 amide bonds. The molecule has 0 heterocycles. The summed E-state index contributed by atoms with van der Waals surface area (Å²) in [5.74, 6) is 0. The highest BCUT2D eigenvalue weighted by Gasteiger charge is 2.10. The van der Waals surface area contributed by atoms with E-state index in [2.05, 4.69) is 24.3 Å². The Balaban J connectivity index is 3.11. The SMILES string of the molecule is CO[SiH2]N[Si](C)(C)C. The molecule has 0 radical (unpaired) electrons. The van der Waals surface area contributed by atoms with E-state index in [-0.39, 0.29) is 9.92 Å². The van der Waals surface area contributed by atoms with Crippen molar-refractivity contribution in [2.75, 3.05) is 7.11 Å². The quantitative estimate of drug-likeness (QED) is 0.573. The van der Waals surface area contributed by atoms with Crippen molar-refractivity contribution in [2.45, 2.75) is 19.6 Å². The summed E-state index contributed by atoms with van der Waals surface area (Å²) in [6.45, 7) is 6.83. The summed E-state index contributed by atoms with van der Waals surface area (Å²) < 4.78 is 8.41. The molecule has 0 aromatic rings. The lowest BCUT2D eigenvalue weighted by Gasteiger charge is -2.16. The Kier molecular flexibility index (Phi) is 3.54. The largest absolute Gasteiger partial charge is 0.412 e. The number of hydrogen-bond acceptors (Lipinski definition) is 2. The van der Waals surface area contributed by atoms with Gasteiger partial charge in [0.05, 0.1) is 0 Å². The molecule has 0 spiro atoms. The van der Waals surface area contributed by atoms with E-state index >= 15 is 0 Å². The predicted molar refractivity (Wildman–Crippen MR) is 42.0 cm³/mol. The smallest absolute Gasteiger partial charge is 0.228 e. The standard InChI is InChI=1S/C4H15NOSi2/c1-6-7-5-8(2,3)4/h5H,7H2,1-4H3. The van der Waals surface area contributed by atoms with Gasteiger partial charge in [-0.05, 0) is 0 Å². The lowest BCUT2D eigenvalue weighted by molar-refractivity contribution is 0.438. The van der Waals surface area contributed by atoms with Crippen molar-refractivity contribution in [2.24, 2.45) is 0 Å². The molecular formula is C4H15NOSi2. The fourth-order valence-corrected chi connectivity index (χ4v) is 2.60. The van der Waals surface area contributed by atoms with Gasteiger partial charge in [-0.1, -0.05) is 19.6 Å². The minimum Gasteiger partial charge on any atom is -0.412 e. The van der Waals surface area contributed by atoms with Crippen LogP contribution in [0.15, 0.2) is 0 Å². The molecule has 0 aliphatic heterocycles. The second kappa shape index (κ2) is 3.39. The Hall–Kier alpha value is 0.354. The molecular weight excluding hydrogens is 134 g/mol. The van der Waals surface area contributed by atoms with Gasteiger partial charge in [0.25, 0.3) is 0 Å². The minimum absolute atomic E-state index is 0.371. The molecule has 0 aliphatic carbocycles. The molecule has 0 unspecified atom stereocenters. The van der Waals surface area contributed by atoms with Crippen LogP contribution in [0.5, 0.6) is 0 Å². The van der Waals surface area contributed by atoms with E-state index in [1.165, 1.54) is 0 Å². The maximum absolute atomic E-state index is 4.98. The zero-order valence-corrected chi connectivity index (χ0v) is 8.53.